The third-order valence-electron chi connectivity index (χ3n) is 5.69. The van der Waals surface area contributed by atoms with E-state index in [1.54, 1.807) is 0 Å². The molecule has 0 spiro atoms. The molecule has 6 fully saturated rings. The molecule has 0 radical (unpaired) electrons. The second-order valence-corrected chi connectivity index (χ2v) is 9.36. The van der Waals surface area contributed by atoms with Gasteiger partial charge in [-0.3, -0.25) is 0 Å². The molecule has 0 amide bonds. The maximum atomic E-state index is 8.99. The fourth-order valence-electron chi connectivity index (χ4n) is 3.41. The molecular formula is C20H36O28. The molecular weight excluding hydrogens is 688 g/mol. The highest BCUT2D eigenvalue weighted by Gasteiger charge is 2.47. The van der Waals surface area contributed by atoms with Crippen LogP contribution < -0.4 is 0 Å². The van der Waals surface area contributed by atoms with Crippen LogP contribution in [0.4, 0.5) is 0 Å². The van der Waals surface area contributed by atoms with Gasteiger partial charge in [-0.2, -0.15) is 0 Å². The lowest BCUT2D eigenvalue weighted by molar-refractivity contribution is -0.494. The summed E-state index contributed by atoms with van der Waals surface area (Å²) in [6.45, 7) is 0. The van der Waals surface area contributed by atoms with Gasteiger partial charge in [-0.15, -0.1) is 0 Å². The molecule has 6 heterocycles. The van der Waals surface area contributed by atoms with E-state index in [0.717, 1.165) is 0 Å². The van der Waals surface area contributed by atoms with Crippen molar-refractivity contribution < 1.29 is 139 Å². The fourth-order valence-corrected chi connectivity index (χ4v) is 3.41. The first kappa shape index (κ1) is 41.3. The van der Waals surface area contributed by atoms with E-state index in [0.29, 0.717) is 0 Å². The Bertz CT molecular complexity index is 814. The molecule has 14 unspecified atom stereocenters. The topological polar surface area (TPSA) is 434 Å². The summed E-state index contributed by atoms with van der Waals surface area (Å²) in [5, 5.41) is 140. The predicted octanol–water partition coefficient (Wildman–Crippen LogP) is -11.4. The summed E-state index contributed by atoms with van der Waals surface area (Å²) < 4.78 is 54.4. The Morgan fingerprint density at radius 3 is 0.521 bits per heavy atom. The molecule has 0 saturated carbocycles. The molecule has 28 heteroatoms. The zero-order valence-electron chi connectivity index (χ0n) is 23.6. The molecule has 0 aromatic carbocycles. The molecule has 0 aliphatic carbocycles. The Labute approximate surface area is 265 Å². The van der Waals surface area contributed by atoms with E-state index in [9.17, 15) is 0 Å². The van der Waals surface area contributed by atoms with Crippen molar-refractivity contribution in [2.45, 2.75) is 126 Å². The molecule has 0 bridgehead atoms. The van der Waals surface area contributed by atoms with Crippen LogP contribution in [0.25, 0.3) is 0 Å². The molecule has 0 aromatic rings. The van der Waals surface area contributed by atoms with Gasteiger partial charge in [0, 0.05) is 0 Å². The van der Waals surface area contributed by atoms with Gasteiger partial charge in [0.1, 0.15) is 0 Å². The van der Waals surface area contributed by atoms with Gasteiger partial charge in [0.15, 0.2) is 0 Å². The van der Waals surface area contributed by atoms with Crippen LogP contribution in [0.3, 0.4) is 0 Å². The van der Waals surface area contributed by atoms with Crippen LogP contribution >= 0.6 is 0 Å². The highest BCUT2D eigenvalue weighted by Crippen LogP contribution is 2.27. The summed E-state index contributed by atoms with van der Waals surface area (Å²) in [6.07, 6.45) is -29.8. The van der Waals surface area contributed by atoms with Crippen LogP contribution in [0.2, 0.25) is 0 Å². The number of aliphatic hydroxyl groups excluding tert-OH is 15. The van der Waals surface area contributed by atoms with Crippen LogP contribution in [-0.4, -0.2) is 208 Å². The zero-order valence-corrected chi connectivity index (χ0v) is 23.6. The molecule has 6 aliphatic rings. The van der Waals surface area contributed by atoms with Gasteiger partial charge in [-0.05, 0) is 0 Å². The second kappa shape index (κ2) is 18.4. The lowest BCUT2D eigenvalue weighted by Crippen LogP contribution is -2.58. The van der Waals surface area contributed by atoms with Gasteiger partial charge in [0.05, 0.1) is 0 Å². The van der Waals surface area contributed by atoms with E-state index in [1.807, 2.05) is 0 Å². The Balaban J connectivity index is 0.000000176. The average molecular weight is 724 g/mol. The van der Waals surface area contributed by atoms with Crippen molar-refractivity contribution >= 4 is 0 Å². The summed E-state index contributed by atoms with van der Waals surface area (Å²) in [7, 11) is 0. The largest absolute Gasteiger partial charge is 0.364 e. The zero-order chi connectivity index (χ0) is 36.0. The summed E-state index contributed by atoms with van der Waals surface area (Å²) in [6, 6.07) is 0. The van der Waals surface area contributed by atoms with Crippen LogP contribution in [0.15, 0.2) is 0 Å². The molecule has 28 nitrogen and oxygen atoms in total. The Hall–Kier alpha value is -1.12. The minimum atomic E-state index is -1.85. The van der Waals surface area contributed by atoms with E-state index in [1.165, 1.54) is 0 Å². The minimum Gasteiger partial charge on any atom is -0.364 e. The first-order valence-corrected chi connectivity index (χ1v) is 13.1. The van der Waals surface area contributed by atoms with Crippen molar-refractivity contribution in [1.29, 1.82) is 0 Å². The van der Waals surface area contributed by atoms with Gasteiger partial charge in [0.2, 0.25) is 126 Å². The quantitative estimate of drug-likeness (QED) is 0.118. The lowest BCUT2D eigenvalue weighted by Gasteiger charge is -2.42. The first-order valence-electron chi connectivity index (χ1n) is 13.1. The smallest absolute Gasteiger partial charge is 0.215 e. The maximum Gasteiger partial charge on any atom is 0.215 e. The number of hydrogen-bond donors (Lipinski definition) is 16. The third kappa shape index (κ3) is 11.4. The number of fused-ring (bicyclic) bond motifs is 1. The SMILES string of the molecule is OC(O)C1OC(O)C(O)O1.OC1OC(C2OC(O)C(O)O2)OC1O.OC1OC(O)C(O)OC1O.OC1OC2OC(O)C(O)OC2OC1O. The van der Waals surface area contributed by atoms with Gasteiger partial charge >= 0.3 is 0 Å². The van der Waals surface area contributed by atoms with Gasteiger partial charge in [-0.1, -0.05) is 0 Å². The standard InChI is InChI=1S/2C6H10O8.2C4H8O6/c7-1-2(8)12-6-5(11-1)13-3(9)4(10)14-6;7-1-2(8)12-5(11-1)6-13-3(9)4(10)14-6;5-1(6)4-9-2(7)3(8)10-4;5-1-2(6)10-4(8)3(7)9-1/h2*1-10H;2*1-8H. The normalized spacial score (nSPS) is 50.3. The van der Waals surface area contributed by atoms with Crippen LogP contribution in [-0.2, 0) is 56.8 Å². The summed E-state index contributed by atoms with van der Waals surface area (Å²) in [5.74, 6) is 0. The Morgan fingerprint density at radius 2 is 0.375 bits per heavy atom. The molecule has 16 N–H and O–H groups in total. The van der Waals surface area contributed by atoms with Crippen LogP contribution in [0, 0.1) is 0 Å². The van der Waals surface area contributed by atoms with Crippen molar-refractivity contribution in [2.75, 3.05) is 0 Å². The molecule has 6 saturated heterocycles. The molecule has 6 aliphatic heterocycles. The Kier molecular flexibility index (Phi) is 15.8. The van der Waals surface area contributed by atoms with Gasteiger partial charge in [-0.25, -0.2) is 0 Å². The van der Waals surface area contributed by atoms with E-state index in [4.69, 9.17) is 81.7 Å². The maximum absolute atomic E-state index is 8.99. The average Bonchev–Trinajstić information content (AvgIpc) is 3.65. The van der Waals surface area contributed by atoms with Crippen molar-refractivity contribution in [3.05, 3.63) is 0 Å². The van der Waals surface area contributed by atoms with E-state index < -0.39 is 126 Å². The van der Waals surface area contributed by atoms with Crippen molar-refractivity contribution in [3.8, 4) is 0 Å². The summed E-state index contributed by atoms with van der Waals surface area (Å²) >= 11 is 0. The highest BCUT2D eigenvalue weighted by atomic mass is 16.9. The minimum absolute atomic E-state index is 1.19. The van der Waals surface area contributed by atoms with Crippen LogP contribution in [0.1, 0.15) is 0 Å². The molecule has 0 aromatic heterocycles. The van der Waals surface area contributed by atoms with Gasteiger partial charge < -0.3 is 139 Å². The van der Waals surface area contributed by atoms with Crippen molar-refractivity contribution in [2.24, 2.45) is 0 Å². The second-order valence-electron chi connectivity index (χ2n) is 9.36. The number of aliphatic hydroxyl groups is 16. The fraction of sp³-hybridized carbons (Fsp3) is 1.00. The molecule has 14 atom stereocenters. The molecule has 48 heavy (non-hydrogen) atoms. The number of hydrogen-bond acceptors (Lipinski definition) is 28. The first-order chi connectivity index (χ1) is 22.4. The van der Waals surface area contributed by atoms with E-state index >= 15 is 0 Å². The summed E-state index contributed by atoms with van der Waals surface area (Å²) in [4.78, 5) is 0. The van der Waals surface area contributed by atoms with E-state index in [-0.39, 0.29) is 0 Å². The lowest BCUT2D eigenvalue weighted by atomic mass is 10.4. The van der Waals surface area contributed by atoms with Gasteiger partial charge in [0.25, 0.3) is 0 Å². The van der Waals surface area contributed by atoms with Crippen molar-refractivity contribution in [1.82, 2.24) is 0 Å². The predicted molar refractivity (Wildman–Crippen MR) is 124 cm³/mol. The van der Waals surface area contributed by atoms with Crippen molar-refractivity contribution in [3.63, 3.8) is 0 Å². The monoisotopic (exact) mass is 724 g/mol. The highest BCUT2D eigenvalue weighted by molar-refractivity contribution is 4.70. The van der Waals surface area contributed by atoms with Crippen LogP contribution in [0.5, 0.6) is 0 Å². The molecule has 6 rings (SSSR count). The molecule has 284 valence electrons. The number of ether oxygens (including phenoxy) is 12. The third-order valence-corrected chi connectivity index (χ3v) is 5.69. The van der Waals surface area contributed by atoms with E-state index in [2.05, 4.69) is 56.8 Å². The number of rotatable bonds is 2. The Morgan fingerprint density at radius 1 is 0.229 bits per heavy atom. The summed E-state index contributed by atoms with van der Waals surface area (Å²) in [5.41, 5.74) is 0.